The van der Waals surface area contributed by atoms with Gasteiger partial charge in [0.2, 0.25) is 5.91 Å². The molecule has 3 rings (SSSR count). The van der Waals surface area contributed by atoms with Crippen molar-refractivity contribution < 1.29 is 9.18 Å². The van der Waals surface area contributed by atoms with Crippen LogP contribution in [0.5, 0.6) is 0 Å². The molecule has 0 aliphatic heterocycles. The third-order valence-corrected chi connectivity index (χ3v) is 4.64. The van der Waals surface area contributed by atoms with Crippen molar-refractivity contribution in [2.75, 3.05) is 11.9 Å². The summed E-state index contributed by atoms with van der Waals surface area (Å²) < 4.78 is 13.2. The molecule has 0 saturated carbocycles. The molecule has 0 aliphatic carbocycles. The van der Waals surface area contributed by atoms with Gasteiger partial charge in [-0.1, -0.05) is 29.8 Å². The number of aromatic nitrogens is 2. The van der Waals surface area contributed by atoms with E-state index in [1.165, 1.54) is 24.5 Å². The smallest absolute Gasteiger partial charge is 0.230 e. The van der Waals surface area contributed by atoms with E-state index in [1.54, 1.807) is 18.2 Å². The molecule has 2 N–H and O–H groups in total. The van der Waals surface area contributed by atoms with Gasteiger partial charge in [0.25, 0.3) is 0 Å². The van der Waals surface area contributed by atoms with E-state index in [2.05, 4.69) is 20.6 Å². The Morgan fingerprint density at radius 2 is 2.03 bits per heavy atom. The van der Waals surface area contributed by atoms with E-state index in [9.17, 15) is 9.18 Å². The molecule has 8 heteroatoms. The van der Waals surface area contributed by atoms with Crippen LogP contribution in [0.4, 0.5) is 10.1 Å². The average molecular weight is 424 g/mol. The maximum absolute atomic E-state index is 13.2. The molecule has 0 aliphatic rings. The quantitative estimate of drug-likeness (QED) is 0.539. The van der Waals surface area contributed by atoms with Crippen molar-refractivity contribution >= 4 is 23.2 Å². The Bertz CT molecular complexity index is 1070. The Balaban J connectivity index is 1.48. The predicted octanol–water partition coefficient (Wildman–Crippen LogP) is 3.65. The van der Waals surface area contributed by atoms with Gasteiger partial charge in [0.05, 0.1) is 24.5 Å². The fraction of sp³-hybridized carbons (Fsp3) is 0.182. The molecule has 6 nitrogen and oxygen atoms in total. The van der Waals surface area contributed by atoms with E-state index in [-0.39, 0.29) is 23.8 Å². The lowest BCUT2D eigenvalue weighted by atomic mass is 10.1. The van der Waals surface area contributed by atoms with Gasteiger partial charge in [-0.05, 0) is 48.4 Å². The highest BCUT2D eigenvalue weighted by Gasteiger charge is 2.08. The first-order chi connectivity index (χ1) is 14.5. The number of nitrogens with one attached hydrogen (secondary N) is 2. The third-order valence-electron chi connectivity index (χ3n) is 4.29. The van der Waals surface area contributed by atoms with E-state index in [0.29, 0.717) is 35.9 Å². The molecule has 0 radical (unpaired) electrons. The Morgan fingerprint density at radius 1 is 1.17 bits per heavy atom. The second-order valence-corrected chi connectivity index (χ2v) is 7.00. The molecule has 0 unspecified atom stereocenters. The van der Waals surface area contributed by atoms with Crippen molar-refractivity contribution in [1.29, 1.82) is 5.26 Å². The Kier molecular flexibility index (Phi) is 7.44. The van der Waals surface area contributed by atoms with Gasteiger partial charge in [0, 0.05) is 17.3 Å². The minimum Gasteiger partial charge on any atom is -0.326 e. The molecule has 30 heavy (non-hydrogen) atoms. The maximum atomic E-state index is 13.2. The summed E-state index contributed by atoms with van der Waals surface area (Å²) in [6, 6.07) is 13.7. The second kappa shape index (κ2) is 10.4. The van der Waals surface area contributed by atoms with E-state index < -0.39 is 0 Å². The van der Waals surface area contributed by atoms with Gasteiger partial charge in [-0.25, -0.2) is 9.37 Å². The van der Waals surface area contributed by atoms with Gasteiger partial charge in [0.15, 0.2) is 5.69 Å². The van der Waals surface area contributed by atoms with E-state index in [0.717, 1.165) is 11.1 Å². The van der Waals surface area contributed by atoms with Crippen LogP contribution in [0.3, 0.4) is 0 Å². The largest absolute Gasteiger partial charge is 0.326 e. The number of amides is 1. The Hall–Kier alpha value is -3.34. The zero-order chi connectivity index (χ0) is 21.3. The molecule has 0 atom stereocenters. The highest BCUT2D eigenvalue weighted by Crippen LogP contribution is 2.21. The number of hydrogen-bond acceptors (Lipinski definition) is 5. The number of anilines is 1. The van der Waals surface area contributed by atoms with Crippen LogP contribution in [0.25, 0.3) is 0 Å². The monoisotopic (exact) mass is 423 g/mol. The molecule has 0 fully saturated rings. The van der Waals surface area contributed by atoms with Crippen LogP contribution in [-0.4, -0.2) is 22.4 Å². The van der Waals surface area contributed by atoms with Crippen LogP contribution in [0, 0.1) is 17.1 Å². The van der Waals surface area contributed by atoms with Gasteiger partial charge in [-0.15, -0.1) is 0 Å². The molecular weight excluding hydrogens is 405 g/mol. The lowest BCUT2D eigenvalue weighted by Gasteiger charge is -2.10. The maximum Gasteiger partial charge on any atom is 0.230 e. The fourth-order valence-electron chi connectivity index (χ4n) is 2.80. The van der Waals surface area contributed by atoms with Gasteiger partial charge in [0.1, 0.15) is 11.9 Å². The van der Waals surface area contributed by atoms with Gasteiger partial charge in [-0.2, -0.15) is 5.26 Å². The summed E-state index contributed by atoms with van der Waals surface area (Å²) in [5, 5.41) is 15.3. The number of hydrogen-bond donors (Lipinski definition) is 2. The molecule has 1 amide bonds. The summed E-state index contributed by atoms with van der Waals surface area (Å²) in [6.45, 7) is 1.25. The number of carbonyl (C=O) groups excluding carboxylic acids is 1. The molecule has 0 spiro atoms. The molecule has 0 bridgehead atoms. The topological polar surface area (TPSA) is 90.7 Å². The number of nitrogens with zero attached hydrogens (tertiary/aromatic N) is 3. The molecule has 1 aromatic heterocycles. The number of nitriles is 1. The van der Waals surface area contributed by atoms with Crippen LogP contribution < -0.4 is 10.6 Å². The van der Waals surface area contributed by atoms with Crippen LogP contribution in [-0.2, 0) is 24.2 Å². The first-order valence-corrected chi connectivity index (χ1v) is 9.66. The first kappa shape index (κ1) is 21.4. The zero-order valence-corrected chi connectivity index (χ0v) is 16.8. The highest BCUT2D eigenvalue weighted by molar-refractivity contribution is 6.31. The van der Waals surface area contributed by atoms with Crippen molar-refractivity contribution in [3.05, 3.63) is 88.2 Å². The van der Waals surface area contributed by atoms with Crippen molar-refractivity contribution in [3.8, 4) is 6.07 Å². The number of carbonyl (C=O) groups is 1. The summed E-state index contributed by atoms with van der Waals surface area (Å²) >= 11 is 6.34. The van der Waals surface area contributed by atoms with Crippen molar-refractivity contribution in [3.63, 3.8) is 0 Å². The highest BCUT2D eigenvalue weighted by atomic mass is 35.5. The molecule has 3 aromatic rings. The van der Waals surface area contributed by atoms with E-state index in [4.69, 9.17) is 16.9 Å². The number of rotatable bonds is 8. The molecule has 2 aromatic carbocycles. The minimum absolute atomic E-state index is 0.0437. The number of benzene rings is 2. The van der Waals surface area contributed by atoms with Crippen LogP contribution in [0.1, 0.15) is 22.5 Å². The Labute approximate surface area is 178 Å². The van der Waals surface area contributed by atoms with Crippen molar-refractivity contribution in [2.24, 2.45) is 0 Å². The molecule has 1 heterocycles. The Morgan fingerprint density at radius 3 is 2.73 bits per heavy atom. The van der Waals surface area contributed by atoms with Crippen LogP contribution in [0.15, 0.2) is 54.9 Å². The van der Waals surface area contributed by atoms with Crippen LogP contribution >= 0.6 is 11.6 Å². The summed E-state index contributed by atoms with van der Waals surface area (Å²) in [4.78, 5) is 20.1. The lowest BCUT2D eigenvalue weighted by molar-refractivity contribution is -0.115. The third kappa shape index (κ3) is 6.34. The molecular formula is C22H19ClFN5O. The van der Waals surface area contributed by atoms with Gasteiger partial charge < -0.3 is 10.6 Å². The van der Waals surface area contributed by atoms with E-state index >= 15 is 0 Å². The van der Waals surface area contributed by atoms with Crippen molar-refractivity contribution in [1.82, 2.24) is 15.3 Å². The predicted molar refractivity (Wildman–Crippen MR) is 112 cm³/mol. The van der Waals surface area contributed by atoms with Crippen LogP contribution in [0.2, 0.25) is 5.02 Å². The van der Waals surface area contributed by atoms with E-state index in [1.807, 2.05) is 18.2 Å². The summed E-state index contributed by atoms with van der Waals surface area (Å²) in [5.41, 5.74) is 3.08. The summed E-state index contributed by atoms with van der Waals surface area (Å²) in [5.74, 6) is -0.504. The molecule has 0 saturated heterocycles. The fourth-order valence-corrected chi connectivity index (χ4v) is 3.08. The average Bonchev–Trinajstić information content (AvgIpc) is 2.73. The summed E-state index contributed by atoms with van der Waals surface area (Å²) in [6.07, 6.45) is 3.48. The minimum atomic E-state index is -0.255. The van der Waals surface area contributed by atoms with Gasteiger partial charge in [-0.3, -0.25) is 9.78 Å². The normalized spacial score (nSPS) is 10.4. The molecule has 152 valence electrons. The summed E-state index contributed by atoms with van der Waals surface area (Å²) in [7, 11) is 0. The SMILES string of the molecule is N#Cc1cnc(CC(=O)Nc2ccc(CCNCc3cccc(F)c3)c(Cl)c2)cn1. The zero-order valence-electron chi connectivity index (χ0n) is 16.0. The van der Waals surface area contributed by atoms with Crippen molar-refractivity contribution in [2.45, 2.75) is 19.4 Å². The standard InChI is InChI=1S/C22H19ClFN5O/c23-21-9-18(29-22(30)10-19-13-28-20(11-25)14-27-19)5-4-16(21)6-7-26-12-15-2-1-3-17(24)8-15/h1-5,8-9,13-14,26H,6-7,10,12H2,(H,29,30). The lowest BCUT2D eigenvalue weighted by Crippen LogP contribution is -2.17. The second-order valence-electron chi connectivity index (χ2n) is 6.59. The van der Waals surface area contributed by atoms with Gasteiger partial charge >= 0.3 is 0 Å². The first-order valence-electron chi connectivity index (χ1n) is 9.28. The number of halogens is 2.